The van der Waals surface area contributed by atoms with Crippen LogP contribution in [0.2, 0.25) is 0 Å². The van der Waals surface area contributed by atoms with Gasteiger partial charge < -0.3 is 15.6 Å². The predicted octanol–water partition coefficient (Wildman–Crippen LogP) is 0.667. The summed E-state index contributed by atoms with van der Waals surface area (Å²) in [7, 11) is 0. The minimum Gasteiger partial charge on any atom is -0.387 e. The molecule has 0 saturated heterocycles. The lowest BCUT2D eigenvalue weighted by atomic mass is 9.91. The Bertz CT molecular complexity index is 303. The molecule has 0 amide bonds. The molecular weight excluding hydrogens is 192 g/mol. The molecule has 0 aliphatic carbocycles. The first-order valence-electron chi connectivity index (χ1n) is 4.99. The first-order chi connectivity index (χ1) is 7.20. The third-order valence-electron chi connectivity index (χ3n) is 2.55. The van der Waals surface area contributed by atoms with Gasteiger partial charge in [-0.15, -0.1) is 0 Å². The summed E-state index contributed by atoms with van der Waals surface area (Å²) in [6.07, 6.45) is 3.80. The molecular formula is C11H16N2O2. The van der Waals surface area contributed by atoms with Crippen LogP contribution in [0, 0.1) is 5.92 Å². The molecule has 0 bridgehead atoms. The number of rotatable bonds is 5. The lowest BCUT2D eigenvalue weighted by molar-refractivity contribution is -0.112. The molecule has 1 aromatic heterocycles. The van der Waals surface area contributed by atoms with Crippen molar-refractivity contribution in [2.75, 3.05) is 0 Å². The fourth-order valence-electron chi connectivity index (χ4n) is 1.48. The van der Waals surface area contributed by atoms with Gasteiger partial charge in [-0.2, -0.15) is 0 Å². The lowest BCUT2D eigenvalue weighted by Crippen LogP contribution is -2.36. The van der Waals surface area contributed by atoms with E-state index in [2.05, 4.69) is 4.98 Å². The number of pyridine rings is 1. The van der Waals surface area contributed by atoms with E-state index in [-0.39, 0.29) is 5.92 Å². The van der Waals surface area contributed by atoms with Crippen molar-refractivity contribution in [2.45, 2.75) is 25.5 Å². The number of hydrogen-bond donors (Lipinski definition) is 2. The number of nitrogens with two attached hydrogens (primary N) is 1. The summed E-state index contributed by atoms with van der Waals surface area (Å²) < 4.78 is 0. The number of aldehydes is 1. The van der Waals surface area contributed by atoms with Crippen LogP contribution in [0.1, 0.15) is 25.0 Å². The molecule has 3 atom stereocenters. The maximum absolute atomic E-state index is 10.7. The van der Waals surface area contributed by atoms with E-state index < -0.39 is 12.1 Å². The van der Waals surface area contributed by atoms with E-state index in [0.29, 0.717) is 12.0 Å². The van der Waals surface area contributed by atoms with E-state index in [1.54, 1.807) is 24.5 Å². The van der Waals surface area contributed by atoms with Crippen LogP contribution in [0.5, 0.6) is 0 Å². The molecule has 15 heavy (non-hydrogen) atoms. The Hall–Kier alpha value is -1.26. The highest BCUT2D eigenvalue weighted by molar-refractivity contribution is 5.55. The van der Waals surface area contributed by atoms with E-state index in [1.807, 2.05) is 6.92 Å². The van der Waals surface area contributed by atoms with Crippen molar-refractivity contribution in [2.24, 2.45) is 11.7 Å². The maximum atomic E-state index is 10.7. The Kier molecular flexibility index (Phi) is 4.39. The van der Waals surface area contributed by atoms with Crippen molar-refractivity contribution >= 4 is 6.29 Å². The summed E-state index contributed by atoms with van der Waals surface area (Å²) in [5, 5.41) is 9.91. The van der Waals surface area contributed by atoms with Crippen molar-refractivity contribution in [1.29, 1.82) is 0 Å². The quantitative estimate of drug-likeness (QED) is 0.697. The van der Waals surface area contributed by atoms with Gasteiger partial charge in [-0.1, -0.05) is 6.92 Å². The summed E-state index contributed by atoms with van der Waals surface area (Å²) in [4.78, 5) is 14.6. The van der Waals surface area contributed by atoms with Crippen LogP contribution in [0.3, 0.4) is 0 Å². The highest BCUT2D eigenvalue weighted by Gasteiger charge is 2.24. The minimum absolute atomic E-state index is 0.312. The van der Waals surface area contributed by atoms with E-state index in [9.17, 15) is 9.90 Å². The van der Waals surface area contributed by atoms with Gasteiger partial charge in [0.2, 0.25) is 0 Å². The second kappa shape index (κ2) is 5.58. The number of hydrogen-bond acceptors (Lipinski definition) is 4. The van der Waals surface area contributed by atoms with Gasteiger partial charge >= 0.3 is 0 Å². The first-order valence-corrected chi connectivity index (χ1v) is 4.99. The van der Waals surface area contributed by atoms with Gasteiger partial charge in [0.05, 0.1) is 6.10 Å². The van der Waals surface area contributed by atoms with Crippen molar-refractivity contribution in [1.82, 2.24) is 4.98 Å². The van der Waals surface area contributed by atoms with Gasteiger partial charge in [-0.3, -0.25) is 4.98 Å². The van der Waals surface area contributed by atoms with Gasteiger partial charge in [0.1, 0.15) is 6.29 Å². The average Bonchev–Trinajstić information content (AvgIpc) is 2.30. The highest BCUT2D eigenvalue weighted by Crippen LogP contribution is 2.20. The van der Waals surface area contributed by atoms with E-state index in [1.165, 1.54) is 0 Å². The molecule has 0 spiro atoms. The molecule has 0 fully saturated rings. The molecule has 0 radical (unpaired) electrons. The topological polar surface area (TPSA) is 76.2 Å². The number of aliphatic hydroxyl groups is 1. The highest BCUT2D eigenvalue weighted by atomic mass is 16.3. The molecule has 0 aliphatic rings. The summed E-state index contributed by atoms with van der Waals surface area (Å²) in [6.45, 7) is 1.87. The monoisotopic (exact) mass is 208 g/mol. The smallest absolute Gasteiger partial charge is 0.124 e. The maximum Gasteiger partial charge on any atom is 0.124 e. The van der Waals surface area contributed by atoms with Gasteiger partial charge in [-0.25, -0.2) is 0 Å². The molecule has 0 saturated carbocycles. The van der Waals surface area contributed by atoms with Crippen molar-refractivity contribution in [3.8, 4) is 0 Å². The van der Waals surface area contributed by atoms with Crippen LogP contribution in [-0.2, 0) is 4.79 Å². The molecule has 0 aromatic carbocycles. The van der Waals surface area contributed by atoms with Crippen LogP contribution in [0.25, 0.3) is 0 Å². The van der Waals surface area contributed by atoms with Crippen LogP contribution < -0.4 is 5.73 Å². The molecule has 82 valence electrons. The standard InChI is InChI=1S/C11H16N2O2/c1-2-8(7-14)10(12)11(15)9-3-5-13-6-4-9/h3-8,10-11,15H,2,12H2,1H3. The normalized spacial score (nSPS) is 16.7. The number of aliphatic hydroxyl groups excluding tert-OH is 1. The van der Waals surface area contributed by atoms with Gasteiger partial charge in [0.25, 0.3) is 0 Å². The van der Waals surface area contributed by atoms with Crippen molar-refractivity contribution in [3.05, 3.63) is 30.1 Å². The molecule has 4 heteroatoms. The van der Waals surface area contributed by atoms with E-state index in [0.717, 1.165) is 6.29 Å². The molecule has 1 rings (SSSR count). The Labute approximate surface area is 89.1 Å². The largest absolute Gasteiger partial charge is 0.387 e. The molecule has 3 N–H and O–H groups in total. The summed E-state index contributed by atoms with van der Waals surface area (Å²) in [5.74, 6) is -0.312. The van der Waals surface area contributed by atoms with Gasteiger partial charge in [-0.05, 0) is 24.1 Å². The van der Waals surface area contributed by atoms with Crippen molar-refractivity contribution < 1.29 is 9.90 Å². The zero-order chi connectivity index (χ0) is 11.3. The Morgan fingerprint density at radius 1 is 1.53 bits per heavy atom. The Morgan fingerprint density at radius 3 is 2.60 bits per heavy atom. The average molecular weight is 208 g/mol. The third kappa shape index (κ3) is 2.84. The minimum atomic E-state index is -0.817. The molecule has 1 aromatic rings. The van der Waals surface area contributed by atoms with E-state index in [4.69, 9.17) is 5.73 Å². The molecule has 3 unspecified atom stereocenters. The summed E-state index contributed by atoms with van der Waals surface area (Å²) >= 11 is 0. The van der Waals surface area contributed by atoms with Crippen molar-refractivity contribution in [3.63, 3.8) is 0 Å². The fraction of sp³-hybridized carbons (Fsp3) is 0.455. The fourth-order valence-corrected chi connectivity index (χ4v) is 1.48. The Balaban J connectivity index is 2.76. The zero-order valence-electron chi connectivity index (χ0n) is 8.71. The number of nitrogens with zero attached hydrogens (tertiary/aromatic N) is 1. The SMILES string of the molecule is CCC(C=O)C(N)C(O)c1ccncc1. The van der Waals surface area contributed by atoms with Gasteiger partial charge in [0.15, 0.2) is 0 Å². The first kappa shape index (κ1) is 11.8. The molecule has 4 nitrogen and oxygen atoms in total. The van der Waals surface area contributed by atoms with E-state index >= 15 is 0 Å². The van der Waals surface area contributed by atoms with Crippen LogP contribution >= 0.6 is 0 Å². The number of carbonyl (C=O) groups excluding carboxylic acids is 1. The summed E-state index contributed by atoms with van der Waals surface area (Å²) in [6, 6.07) is 2.83. The second-order valence-corrected chi connectivity index (χ2v) is 3.51. The number of aromatic nitrogens is 1. The van der Waals surface area contributed by atoms with Crippen LogP contribution in [0.4, 0.5) is 0 Å². The van der Waals surface area contributed by atoms with Gasteiger partial charge in [0, 0.05) is 24.4 Å². The lowest BCUT2D eigenvalue weighted by Gasteiger charge is -2.23. The Morgan fingerprint density at radius 2 is 2.13 bits per heavy atom. The van der Waals surface area contributed by atoms with Crippen LogP contribution in [-0.4, -0.2) is 22.4 Å². The molecule has 1 heterocycles. The number of carbonyl (C=O) groups is 1. The second-order valence-electron chi connectivity index (χ2n) is 3.51. The summed E-state index contributed by atoms with van der Waals surface area (Å²) in [5.41, 5.74) is 6.51. The third-order valence-corrected chi connectivity index (χ3v) is 2.55. The zero-order valence-corrected chi connectivity index (χ0v) is 8.71. The molecule has 0 aliphatic heterocycles. The van der Waals surface area contributed by atoms with Crippen LogP contribution in [0.15, 0.2) is 24.5 Å². The predicted molar refractivity (Wildman–Crippen MR) is 57.0 cm³/mol.